The Morgan fingerprint density at radius 2 is 1.78 bits per heavy atom. The van der Waals surface area contributed by atoms with Crippen LogP contribution in [0.3, 0.4) is 0 Å². The number of carbonyl (C=O) groups excluding carboxylic acids is 1. The summed E-state index contributed by atoms with van der Waals surface area (Å²) in [4.78, 5) is 18.7. The minimum Gasteiger partial charge on any atom is -0.443 e. The van der Waals surface area contributed by atoms with Crippen LogP contribution in [0.15, 0.2) is 41.1 Å². The number of piperidine rings is 1. The lowest BCUT2D eigenvalue weighted by Gasteiger charge is -2.37. The fourth-order valence-electron chi connectivity index (χ4n) is 3.18. The Hall–Kier alpha value is -2.18. The van der Waals surface area contributed by atoms with Gasteiger partial charge in [0.15, 0.2) is 23.6 Å². The molecule has 1 spiro atoms. The molecule has 120 valence electrons. The number of rotatable bonds is 2. The molecule has 2 aromatic rings. The van der Waals surface area contributed by atoms with Gasteiger partial charge in [-0.05, 0) is 0 Å². The van der Waals surface area contributed by atoms with Crippen molar-refractivity contribution < 1.29 is 18.7 Å². The molecule has 2 aliphatic heterocycles. The van der Waals surface area contributed by atoms with Crippen LogP contribution < -0.4 is 0 Å². The van der Waals surface area contributed by atoms with E-state index in [1.165, 1.54) is 6.39 Å². The molecule has 0 aliphatic carbocycles. The van der Waals surface area contributed by atoms with Gasteiger partial charge in [-0.25, -0.2) is 4.98 Å². The highest BCUT2D eigenvalue weighted by Gasteiger charge is 2.41. The molecule has 2 fully saturated rings. The summed E-state index contributed by atoms with van der Waals surface area (Å²) < 4.78 is 16.8. The Labute approximate surface area is 134 Å². The zero-order valence-corrected chi connectivity index (χ0v) is 12.7. The molecular formula is C17H18N2O4. The van der Waals surface area contributed by atoms with E-state index in [4.69, 9.17) is 13.9 Å². The molecule has 0 saturated carbocycles. The van der Waals surface area contributed by atoms with Crippen molar-refractivity contribution in [2.24, 2.45) is 0 Å². The maximum Gasteiger partial charge on any atom is 0.276 e. The second kappa shape index (κ2) is 5.79. The van der Waals surface area contributed by atoms with Crippen LogP contribution in [0.2, 0.25) is 0 Å². The number of nitrogens with zero attached hydrogens (tertiary/aromatic N) is 2. The van der Waals surface area contributed by atoms with Crippen LogP contribution in [0.4, 0.5) is 0 Å². The SMILES string of the molecule is O=C(c1ncoc1-c1ccccc1)N1CCC2(CC1)OCCO2. The van der Waals surface area contributed by atoms with Crippen molar-refractivity contribution in [3.8, 4) is 11.3 Å². The number of hydrogen-bond acceptors (Lipinski definition) is 5. The van der Waals surface area contributed by atoms with Crippen LogP contribution in [-0.2, 0) is 9.47 Å². The summed E-state index contributed by atoms with van der Waals surface area (Å²) in [7, 11) is 0. The normalized spacial score (nSPS) is 20.1. The summed E-state index contributed by atoms with van der Waals surface area (Å²) in [6.45, 7) is 2.46. The number of benzene rings is 1. The fourth-order valence-corrected chi connectivity index (χ4v) is 3.18. The third kappa shape index (κ3) is 2.64. The monoisotopic (exact) mass is 314 g/mol. The topological polar surface area (TPSA) is 64.8 Å². The van der Waals surface area contributed by atoms with Gasteiger partial charge in [0.2, 0.25) is 0 Å². The molecule has 1 aromatic carbocycles. The molecule has 4 rings (SSSR count). The summed E-state index contributed by atoms with van der Waals surface area (Å²) in [5.41, 5.74) is 1.21. The molecule has 2 saturated heterocycles. The minimum atomic E-state index is -0.483. The predicted octanol–water partition coefficient (Wildman–Crippen LogP) is 2.32. The number of oxazole rings is 1. The molecule has 0 N–H and O–H groups in total. The number of amides is 1. The second-order valence-corrected chi connectivity index (χ2v) is 5.80. The molecule has 0 radical (unpaired) electrons. The standard InChI is InChI=1S/C17H18N2O4/c20-16(19-8-6-17(7-9-19)22-10-11-23-17)14-15(21-12-18-14)13-4-2-1-3-5-13/h1-5,12H,6-11H2. The van der Waals surface area contributed by atoms with Crippen molar-refractivity contribution in [2.45, 2.75) is 18.6 Å². The first-order chi connectivity index (χ1) is 11.3. The summed E-state index contributed by atoms with van der Waals surface area (Å²) >= 11 is 0. The molecule has 1 amide bonds. The zero-order valence-electron chi connectivity index (χ0n) is 12.7. The van der Waals surface area contributed by atoms with Gasteiger partial charge < -0.3 is 18.8 Å². The highest BCUT2D eigenvalue weighted by molar-refractivity contribution is 5.97. The van der Waals surface area contributed by atoms with Crippen LogP contribution in [0.5, 0.6) is 0 Å². The Morgan fingerprint density at radius 1 is 1.09 bits per heavy atom. The van der Waals surface area contributed by atoms with Gasteiger partial charge in [-0.2, -0.15) is 0 Å². The lowest BCUT2D eigenvalue weighted by molar-refractivity contribution is -0.181. The Kier molecular flexibility index (Phi) is 3.63. The van der Waals surface area contributed by atoms with Crippen LogP contribution in [-0.4, -0.2) is 47.9 Å². The number of likely N-dealkylation sites (tertiary alicyclic amines) is 1. The summed E-state index contributed by atoms with van der Waals surface area (Å²) in [6.07, 6.45) is 2.71. The Morgan fingerprint density at radius 3 is 2.48 bits per heavy atom. The summed E-state index contributed by atoms with van der Waals surface area (Å²) in [6, 6.07) is 9.55. The third-order valence-electron chi connectivity index (χ3n) is 4.43. The number of ether oxygens (including phenoxy) is 2. The molecular weight excluding hydrogens is 296 g/mol. The molecule has 0 bridgehead atoms. The molecule has 1 aromatic heterocycles. The lowest BCUT2D eigenvalue weighted by atomic mass is 10.0. The quantitative estimate of drug-likeness (QED) is 0.851. The Bertz CT molecular complexity index is 682. The van der Waals surface area contributed by atoms with Gasteiger partial charge in [-0.15, -0.1) is 0 Å². The largest absolute Gasteiger partial charge is 0.443 e. The number of hydrogen-bond donors (Lipinski definition) is 0. The van der Waals surface area contributed by atoms with E-state index in [0.717, 1.165) is 5.56 Å². The average Bonchev–Trinajstić information content (AvgIpc) is 3.26. The Balaban J connectivity index is 1.51. The van der Waals surface area contributed by atoms with E-state index < -0.39 is 5.79 Å². The molecule has 0 unspecified atom stereocenters. The van der Waals surface area contributed by atoms with Crippen molar-refractivity contribution in [3.63, 3.8) is 0 Å². The van der Waals surface area contributed by atoms with Gasteiger partial charge in [-0.1, -0.05) is 30.3 Å². The van der Waals surface area contributed by atoms with E-state index >= 15 is 0 Å². The summed E-state index contributed by atoms with van der Waals surface area (Å²) in [5.74, 6) is -0.0715. The molecule has 2 aliphatic rings. The highest BCUT2D eigenvalue weighted by atomic mass is 16.7. The van der Waals surface area contributed by atoms with E-state index in [1.54, 1.807) is 4.90 Å². The maximum absolute atomic E-state index is 12.8. The first-order valence-corrected chi connectivity index (χ1v) is 7.84. The highest BCUT2D eigenvalue weighted by Crippen LogP contribution is 2.32. The molecule has 3 heterocycles. The van der Waals surface area contributed by atoms with Crippen LogP contribution >= 0.6 is 0 Å². The smallest absolute Gasteiger partial charge is 0.276 e. The second-order valence-electron chi connectivity index (χ2n) is 5.80. The van der Waals surface area contributed by atoms with E-state index in [2.05, 4.69) is 4.98 Å². The van der Waals surface area contributed by atoms with Gasteiger partial charge >= 0.3 is 0 Å². The van der Waals surface area contributed by atoms with Gasteiger partial charge in [0.25, 0.3) is 5.91 Å². The predicted molar refractivity (Wildman–Crippen MR) is 81.7 cm³/mol. The number of carbonyl (C=O) groups is 1. The van der Waals surface area contributed by atoms with Crippen molar-refractivity contribution in [1.29, 1.82) is 0 Å². The molecule has 23 heavy (non-hydrogen) atoms. The van der Waals surface area contributed by atoms with E-state index in [-0.39, 0.29) is 5.91 Å². The van der Waals surface area contributed by atoms with Crippen molar-refractivity contribution in [3.05, 3.63) is 42.4 Å². The lowest BCUT2D eigenvalue weighted by Crippen LogP contribution is -2.47. The first-order valence-electron chi connectivity index (χ1n) is 7.84. The minimum absolute atomic E-state index is 0.106. The summed E-state index contributed by atoms with van der Waals surface area (Å²) in [5, 5.41) is 0. The van der Waals surface area contributed by atoms with Gasteiger partial charge in [0, 0.05) is 31.5 Å². The van der Waals surface area contributed by atoms with E-state index in [9.17, 15) is 4.79 Å². The molecule has 6 heteroatoms. The number of aromatic nitrogens is 1. The van der Waals surface area contributed by atoms with Gasteiger partial charge in [0.05, 0.1) is 13.2 Å². The van der Waals surface area contributed by atoms with E-state index in [0.29, 0.717) is 50.6 Å². The zero-order chi connectivity index (χ0) is 15.7. The van der Waals surface area contributed by atoms with Crippen LogP contribution in [0.25, 0.3) is 11.3 Å². The fraction of sp³-hybridized carbons (Fsp3) is 0.412. The molecule has 6 nitrogen and oxygen atoms in total. The van der Waals surface area contributed by atoms with Crippen molar-refractivity contribution in [1.82, 2.24) is 9.88 Å². The third-order valence-corrected chi connectivity index (χ3v) is 4.43. The van der Waals surface area contributed by atoms with Crippen molar-refractivity contribution >= 4 is 5.91 Å². The molecule has 0 atom stereocenters. The average molecular weight is 314 g/mol. The van der Waals surface area contributed by atoms with Crippen molar-refractivity contribution in [2.75, 3.05) is 26.3 Å². The van der Waals surface area contributed by atoms with E-state index in [1.807, 2.05) is 30.3 Å². The first kappa shape index (κ1) is 14.4. The maximum atomic E-state index is 12.8. The van der Waals surface area contributed by atoms with Gasteiger partial charge in [-0.3, -0.25) is 4.79 Å². The van der Waals surface area contributed by atoms with Gasteiger partial charge in [0.1, 0.15) is 0 Å². The van der Waals surface area contributed by atoms with Crippen LogP contribution in [0.1, 0.15) is 23.3 Å². The van der Waals surface area contributed by atoms with Crippen LogP contribution in [0, 0.1) is 0 Å².